The maximum atomic E-state index is 12.2. The van der Waals surface area contributed by atoms with Crippen molar-refractivity contribution in [1.82, 2.24) is 10.2 Å². The van der Waals surface area contributed by atoms with E-state index in [9.17, 15) is 9.59 Å². The summed E-state index contributed by atoms with van der Waals surface area (Å²) in [5.74, 6) is 0.532. The van der Waals surface area contributed by atoms with Crippen molar-refractivity contribution in [2.75, 3.05) is 13.1 Å². The molecule has 1 atom stereocenters. The quantitative estimate of drug-likeness (QED) is 0.826. The predicted molar refractivity (Wildman–Crippen MR) is 84.6 cm³/mol. The van der Waals surface area contributed by atoms with E-state index in [2.05, 4.69) is 19.2 Å². The van der Waals surface area contributed by atoms with Gasteiger partial charge in [0.2, 0.25) is 11.8 Å². The molecule has 0 unspecified atom stereocenters. The Bertz CT molecular complexity index is 366. The van der Waals surface area contributed by atoms with Crippen LogP contribution in [0.5, 0.6) is 0 Å². The SMILES string of the molecule is CC(C)C[C@H](N)C(=O)NC1CCN(C(=O)C(C)(C)C)CC1. The summed E-state index contributed by atoms with van der Waals surface area (Å²) in [4.78, 5) is 26.1. The van der Waals surface area contributed by atoms with E-state index in [0.29, 0.717) is 25.4 Å². The molecule has 1 saturated heterocycles. The summed E-state index contributed by atoms with van der Waals surface area (Å²) in [6.07, 6.45) is 2.32. The molecule has 2 amide bonds. The van der Waals surface area contributed by atoms with Crippen LogP contribution in [-0.2, 0) is 9.59 Å². The van der Waals surface area contributed by atoms with Crippen molar-refractivity contribution in [3.8, 4) is 0 Å². The Balaban J connectivity index is 2.40. The Kier molecular flexibility index (Phi) is 6.20. The van der Waals surface area contributed by atoms with Gasteiger partial charge in [0.25, 0.3) is 0 Å². The highest BCUT2D eigenvalue weighted by Crippen LogP contribution is 2.21. The number of nitrogens with zero attached hydrogens (tertiary/aromatic N) is 1. The molecule has 1 aliphatic heterocycles. The highest BCUT2D eigenvalue weighted by atomic mass is 16.2. The lowest BCUT2D eigenvalue weighted by Crippen LogP contribution is -2.52. The van der Waals surface area contributed by atoms with Gasteiger partial charge >= 0.3 is 0 Å². The monoisotopic (exact) mass is 297 g/mol. The number of rotatable bonds is 4. The molecular weight excluding hydrogens is 266 g/mol. The first-order valence-corrected chi connectivity index (χ1v) is 7.96. The molecule has 0 aromatic rings. The largest absolute Gasteiger partial charge is 0.352 e. The molecule has 0 spiro atoms. The number of hydrogen-bond donors (Lipinski definition) is 2. The second kappa shape index (κ2) is 7.25. The zero-order chi connectivity index (χ0) is 16.2. The minimum absolute atomic E-state index is 0.0655. The lowest BCUT2D eigenvalue weighted by atomic mass is 9.93. The van der Waals surface area contributed by atoms with Crippen LogP contribution < -0.4 is 11.1 Å². The van der Waals surface area contributed by atoms with E-state index in [1.165, 1.54) is 0 Å². The van der Waals surface area contributed by atoms with Crippen molar-refractivity contribution < 1.29 is 9.59 Å². The van der Waals surface area contributed by atoms with E-state index in [4.69, 9.17) is 5.73 Å². The number of nitrogens with two attached hydrogens (primary N) is 1. The van der Waals surface area contributed by atoms with Crippen molar-refractivity contribution in [1.29, 1.82) is 0 Å². The zero-order valence-corrected chi connectivity index (χ0v) is 14.1. The van der Waals surface area contributed by atoms with Gasteiger partial charge in [-0.2, -0.15) is 0 Å². The summed E-state index contributed by atoms with van der Waals surface area (Å²) in [6, 6.07) is -0.293. The Morgan fingerprint density at radius 2 is 1.76 bits per heavy atom. The van der Waals surface area contributed by atoms with Crippen molar-refractivity contribution in [2.45, 2.75) is 66.0 Å². The lowest BCUT2D eigenvalue weighted by Gasteiger charge is -2.36. The molecule has 0 radical (unpaired) electrons. The van der Waals surface area contributed by atoms with Crippen LogP contribution in [0.4, 0.5) is 0 Å². The van der Waals surface area contributed by atoms with Crippen LogP contribution in [0.1, 0.15) is 53.9 Å². The first kappa shape index (κ1) is 18.0. The fourth-order valence-corrected chi connectivity index (χ4v) is 2.62. The van der Waals surface area contributed by atoms with Crippen LogP contribution in [0.15, 0.2) is 0 Å². The Labute approximate surface area is 128 Å². The van der Waals surface area contributed by atoms with Crippen LogP contribution in [-0.4, -0.2) is 41.9 Å². The molecule has 0 aromatic heterocycles. The molecule has 21 heavy (non-hydrogen) atoms. The summed E-state index contributed by atoms with van der Waals surface area (Å²) >= 11 is 0. The minimum Gasteiger partial charge on any atom is -0.352 e. The van der Waals surface area contributed by atoms with Crippen LogP contribution in [0.25, 0.3) is 0 Å². The lowest BCUT2D eigenvalue weighted by molar-refractivity contribution is -0.140. The highest BCUT2D eigenvalue weighted by molar-refractivity contribution is 5.82. The first-order valence-electron chi connectivity index (χ1n) is 7.96. The van der Waals surface area contributed by atoms with E-state index in [0.717, 1.165) is 12.8 Å². The van der Waals surface area contributed by atoms with Gasteiger partial charge in [-0.25, -0.2) is 0 Å². The van der Waals surface area contributed by atoms with Crippen LogP contribution in [0.2, 0.25) is 0 Å². The molecule has 122 valence electrons. The van der Waals surface area contributed by atoms with Crippen molar-refractivity contribution in [2.24, 2.45) is 17.1 Å². The fourth-order valence-electron chi connectivity index (χ4n) is 2.62. The van der Waals surface area contributed by atoms with E-state index >= 15 is 0 Å². The summed E-state index contributed by atoms with van der Waals surface area (Å²) in [6.45, 7) is 11.4. The van der Waals surface area contributed by atoms with Gasteiger partial charge in [-0.3, -0.25) is 9.59 Å². The average Bonchev–Trinajstić information content (AvgIpc) is 2.36. The minimum atomic E-state index is -0.431. The molecule has 0 saturated carbocycles. The van der Waals surface area contributed by atoms with Crippen molar-refractivity contribution >= 4 is 11.8 Å². The second-order valence-corrected chi connectivity index (χ2v) is 7.56. The number of piperidine rings is 1. The molecule has 5 nitrogen and oxygen atoms in total. The van der Waals surface area contributed by atoms with Gasteiger partial charge in [-0.1, -0.05) is 34.6 Å². The molecule has 0 aliphatic carbocycles. The van der Waals surface area contributed by atoms with Gasteiger partial charge in [-0.05, 0) is 25.2 Å². The third kappa shape index (κ3) is 5.65. The van der Waals surface area contributed by atoms with E-state index in [1.807, 2.05) is 25.7 Å². The molecule has 0 aromatic carbocycles. The predicted octanol–water partition coefficient (Wildman–Crippen LogP) is 1.51. The normalized spacial score (nSPS) is 18.7. The Hall–Kier alpha value is -1.10. The molecule has 5 heteroatoms. The van der Waals surface area contributed by atoms with E-state index < -0.39 is 6.04 Å². The van der Waals surface area contributed by atoms with Gasteiger partial charge < -0.3 is 16.0 Å². The number of hydrogen-bond acceptors (Lipinski definition) is 3. The van der Waals surface area contributed by atoms with Crippen molar-refractivity contribution in [3.05, 3.63) is 0 Å². The molecule has 1 rings (SSSR count). The van der Waals surface area contributed by atoms with Gasteiger partial charge in [0.05, 0.1) is 6.04 Å². The van der Waals surface area contributed by atoms with Crippen LogP contribution in [0.3, 0.4) is 0 Å². The molecule has 1 heterocycles. The second-order valence-electron chi connectivity index (χ2n) is 7.56. The summed E-state index contributed by atoms with van der Waals surface area (Å²) < 4.78 is 0. The third-order valence-corrected chi connectivity index (χ3v) is 3.83. The number of likely N-dealkylation sites (tertiary alicyclic amines) is 1. The van der Waals surface area contributed by atoms with Crippen LogP contribution in [0, 0.1) is 11.3 Å². The van der Waals surface area contributed by atoms with Gasteiger partial charge in [0.1, 0.15) is 0 Å². The van der Waals surface area contributed by atoms with E-state index in [-0.39, 0.29) is 23.3 Å². The highest BCUT2D eigenvalue weighted by Gasteiger charge is 2.31. The third-order valence-electron chi connectivity index (χ3n) is 3.83. The number of amides is 2. The van der Waals surface area contributed by atoms with Gasteiger partial charge in [-0.15, -0.1) is 0 Å². The molecule has 1 aliphatic rings. The zero-order valence-electron chi connectivity index (χ0n) is 14.1. The number of carbonyl (C=O) groups excluding carboxylic acids is 2. The molecule has 0 bridgehead atoms. The maximum Gasteiger partial charge on any atom is 0.237 e. The molecular formula is C16H31N3O2. The van der Waals surface area contributed by atoms with Gasteiger partial charge in [0, 0.05) is 24.5 Å². The Morgan fingerprint density at radius 1 is 1.24 bits per heavy atom. The average molecular weight is 297 g/mol. The van der Waals surface area contributed by atoms with E-state index in [1.54, 1.807) is 0 Å². The first-order chi connectivity index (χ1) is 9.61. The molecule has 3 N–H and O–H groups in total. The fraction of sp³-hybridized carbons (Fsp3) is 0.875. The maximum absolute atomic E-state index is 12.2. The van der Waals surface area contributed by atoms with Crippen molar-refractivity contribution in [3.63, 3.8) is 0 Å². The summed E-state index contributed by atoms with van der Waals surface area (Å²) in [7, 11) is 0. The standard InChI is InChI=1S/C16H31N3O2/c1-11(2)10-13(17)14(20)18-12-6-8-19(9-7-12)15(21)16(3,4)5/h11-13H,6-10,17H2,1-5H3,(H,18,20)/t13-/m0/s1. The number of carbonyl (C=O) groups is 2. The Morgan fingerprint density at radius 3 is 2.19 bits per heavy atom. The smallest absolute Gasteiger partial charge is 0.237 e. The summed E-state index contributed by atoms with van der Waals surface area (Å²) in [5.41, 5.74) is 5.55. The topological polar surface area (TPSA) is 75.4 Å². The molecule has 1 fully saturated rings. The number of nitrogens with one attached hydrogen (secondary N) is 1. The van der Waals surface area contributed by atoms with Crippen LogP contribution >= 0.6 is 0 Å². The summed E-state index contributed by atoms with van der Waals surface area (Å²) in [5, 5.41) is 3.02. The van der Waals surface area contributed by atoms with Gasteiger partial charge in [0.15, 0.2) is 0 Å².